The van der Waals surface area contributed by atoms with E-state index in [1.54, 1.807) is 23.9 Å². The third-order valence-corrected chi connectivity index (χ3v) is 4.96. The van der Waals surface area contributed by atoms with Crippen molar-refractivity contribution < 1.29 is 8.42 Å². The number of rotatable bonds is 5. The fourth-order valence-corrected chi connectivity index (χ4v) is 3.54. The van der Waals surface area contributed by atoms with Gasteiger partial charge in [-0.3, -0.25) is 0 Å². The molecule has 6 heteroatoms. The Hall–Kier alpha value is -1.27. The van der Waals surface area contributed by atoms with Crippen LogP contribution in [0.1, 0.15) is 19.9 Å². The number of thioether (sulfide) groups is 1. The molecule has 0 unspecified atom stereocenters. The largest absolute Gasteiger partial charge is 0.316 e. The van der Waals surface area contributed by atoms with Crippen molar-refractivity contribution >= 4 is 32.6 Å². The van der Waals surface area contributed by atoms with Crippen molar-refractivity contribution in [2.75, 3.05) is 12.0 Å². The van der Waals surface area contributed by atoms with Crippen molar-refractivity contribution in [3.63, 3.8) is 0 Å². The monoisotopic (exact) mass is 310 g/mol. The van der Waals surface area contributed by atoms with Crippen molar-refractivity contribution in [2.24, 2.45) is 0 Å². The Kier molecular flexibility index (Phi) is 4.25. The fraction of sp³-hybridized carbons (Fsp3) is 0.357. The molecular weight excluding hydrogens is 292 g/mol. The standard InChI is InChI=1S/C14H18N2O2S2/c1-5-8-19-14-15-12-9-11(20(4,17)18)6-7-13(12)16(14)10(2)3/h5-7,9-10H,1,8H2,2-4H3. The van der Waals surface area contributed by atoms with Crippen LogP contribution in [0.4, 0.5) is 0 Å². The summed E-state index contributed by atoms with van der Waals surface area (Å²) >= 11 is 1.60. The number of aromatic nitrogens is 2. The van der Waals surface area contributed by atoms with Crippen LogP contribution < -0.4 is 0 Å². The third-order valence-electron chi connectivity index (χ3n) is 2.90. The number of hydrogen-bond donors (Lipinski definition) is 0. The van der Waals surface area contributed by atoms with Gasteiger partial charge in [-0.05, 0) is 32.0 Å². The molecule has 0 amide bonds. The highest BCUT2D eigenvalue weighted by atomic mass is 32.2. The molecule has 0 radical (unpaired) electrons. The van der Waals surface area contributed by atoms with Crippen molar-refractivity contribution in [1.82, 2.24) is 9.55 Å². The van der Waals surface area contributed by atoms with E-state index in [0.717, 1.165) is 16.4 Å². The van der Waals surface area contributed by atoms with Gasteiger partial charge in [0.15, 0.2) is 15.0 Å². The minimum Gasteiger partial charge on any atom is -0.316 e. The lowest BCUT2D eigenvalue weighted by atomic mass is 10.3. The molecule has 1 heterocycles. The maximum atomic E-state index is 11.6. The molecule has 4 nitrogen and oxygen atoms in total. The van der Waals surface area contributed by atoms with Crippen molar-refractivity contribution in [3.8, 4) is 0 Å². The van der Waals surface area contributed by atoms with Gasteiger partial charge in [0.25, 0.3) is 0 Å². The molecule has 0 aliphatic carbocycles. The van der Waals surface area contributed by atoms with Gasteiger partial charge in [-0.1, -0.05) is 17.8 Å². The average molecular weight is 310 g/mol. The van der Waals surface area contributed by atoms with E-state index in [1.165, 1.54) is 6.26 Å². The number of imidazole rings is 1. The molecule has 1 aromatic heterocycles. The molecule has 0 N–H and O–H groups in total. The fourth-order valence-electron chi connectivity index (χ4n) is 2.02. The van der Waals surface area contributed by atoms with E-state index < -0.39 is 9.84 Å². The first kappa shape index (κ1) is 15.1. The van der Waals surface area contributed by atoms with Gasteiger partial charge in [0, 0.05) is 18.1 Å². The van der Waals surface area contributed by atoms with Crippen molar-refractivity contribution in [3.05, 3.63) is 30.9 Å². The zero-order chi connectivity index (χ0) is 14.9. The van der Waals surface area contributed by atoms with Crippen LogP contribution in [-0.2, 0) is 9.84 Å². The van der Waals surface area contributed by atoms with Crippen LogP contribution in [0.5, 0.6) is 0 Å². The number of benzene rings is 1. The first-order valence-corrected chi connectivity index (χ1v) is 9.18. The lowest BCUT2D eigenvalue weighted by molar-refractivity contribution is 0.566. The van der Waals surface area contributed by atoms with Crippen molar-refractivity contribution in [1.29, 1.82) is 0 Å². The first-order valence-electron chi connectivity index (χ1n) is 6.30. The minimum atomic E-state index is -3.21. The molecule has 2 aromatic rings. The molecule has 0 bridgehead atoms. The number of fused-ring (bicyclic) bond motifs is 1. The van der Waals surface area contributed by atoms with E-state index in [9.17, 15) is 8.42 Å². The third kappa shape index (κ3) is 2.91. The van der Waals surface area contributed by atoms with E-state index in [2.05, 4.69) is 30.0 Å². The molecule has 108 valence electrons. The van der Waals surface area contributed by atoms with E-state index >= 15 is 0 Å². The summed E-state index contributed by atoms with van der Waals surface area (Å²) in [5.74, 6) is 0.773. The van der Waals surface area contributed by atoms with Crippen molar-refractivity contribution in [2.45, 2.75) is 29.9 Å². The molecule has 0 fully saturated rings. The smallest absolute Gasteiger partial charge is 0.175 e. The van der Waals surface area contributed by atoms with Crippen LogP contribution >= 0.6 is 11.8 Å². The zero-order valence-electron chi connectivity index (χ0n) is 11.8. The average Bonchev–Trinajstić information content (AvgIpc) is 2.72. The van der Waals surface area contributed by atoms with Crippen LogP contribution in [0, 0.1) is 0 Å². The summed E-state index contributed by atoms with van der Waals surface area (Å²) in [7, 11) is -3.21. The topological polar surface area (TPSA) is 52.0 Å². The Morgan fingerprint density at radius 1 is 1.45 bits per heavy atom. The Morgan fingerprint density at radius 3 is 2.70 bits per heavy atom. The predicted molar refractivity (Wildman–Crippen MR) is 84.1 cm³/mol. The number of sulfone groups is 1. The highest BCUT2D eigenvalue weighted by Gasteiger charge is 2.16. The van der Waals surface area contributed by atoms with Gasteiger partial charge in [-0.15, -0.1) is 6.58 Å². The molecular formula is C14H18N2O2S2. The molecule has 0 aliphatic heterocycles. The Morgan fingerprint density at radius 2 is 2.15 bits per heavy atom. The molecule has 0 aliphatic rings. The van der Waals surface area contributed by atoms with Crippen LogP contribution in [-0.4, -0.2) is 30.0 Å². The maximum absolute atomic E-state index is 11.6. The second-order valence-electron chi connectivity index (χ2n) is 4.88. The van der Waals surface area contributed by atoms with Crippen LogP contribution in [0.15, 0.2) is 40.9 Å². The second kappa shape index (κ2) is 5.61. The molecule has 0 spiro atoms. The lowest BCUT2D eigenvalue weighted by Crippen LogP contribution is -2.02. The minimum absolute atomic E-state index is 0.261. The first-order chi connectivity index (χ1) is 9.34. The van der Waals surface area contributed by atoms with Gasteiger partial charge in [-0.25, -0.2) is 13.4 Å². The van der Waals surface area contributed by atoms with E-state index in [-0.39, 0.29) is 6.04 Å². The maximum Gasteiger partial charge on any atom is 0.175 e. The highest BCUT2D eigenvalue weighted by molar-refractivity contribution is 7.99. The van der Waals surface area contributed by atoms with Gasteiger partial charge < -0.3 is 4.57 Å². The molecule has 2 rings (SSSR count). The van der Waals surface area contributed by atoms with Gasteiger partial charge in [0.05, 0.1) is 15.9 Å². The molecule has 0 saturated carbocycles. The van der Waals surface area contributed by atoms with E-state index in [1.807, 2.05) is 12.1 Å². The zero-order valence-corrected chi connectivity index (χ0v) is 13.5. The van der Waals surface area contributed by atoms with Gasteiger partial charge >= 0.3 is 0 Å². The summed E-state index contributed by atoms with van der Waals surface area (Å²) in [5, 5.41) is 0.889. The molecule has 1 aromatic carbocycles. The summed E-state index contributed by atoms with van der Waals surface area (Å²) < 4.78 is 25.4. The van der Waals surface area contributed by atoms with Crippen LogP contribution in [0.3, 0.4) is 0 Å². The Bertz CT molecular complexity index is 746. The van der Waals surface area contributed by atoms with Gasteiger partial charge in [0.2, 0.25) is 0 Å². The van der Waals surface area contributed by atoms with Gasteiger partial charge in [-0.2, -0.15) is 0 Å². The van der Waals surface area contributed by atoms with Crippen LogP contribution in [0.25, 0.3) is 11.0 Å². The van der Waals surface area contributed by atoms with Crippen LogP contribution in [0.2, 0.25) is 0 Å². The Labute approximate surface area is 123 Å². The number of nitrogens with zero attached hydrogens (tertiary/aromatic N) is 2. The predicted octanol–water partition coefficient (Wildman–Crippen LogP) is 3.30. The molecule has 0 saturated heterocycles. The molecule has 20 heavy (non-hydrogen) atoms. The van der Waals surface area contributed by atoms with Gasteiger partial charge in [0.1, 0.15) is 0 Å². The normalized spacial score (nSPS) is 12.2. The second-order valence-corrected chi connectivity index (χ2v) is 7.88. The lowest BCUT2D eigenvalue weighted by Gasteiger charge is -2.12. The summed E-state index contributed by atoms with van der Waals surface area (Å²) in [6, 6.07) is 5.37. The summed E-state index contributed by atoms with van der Waals surface area (Å²) in [4.78, 5) is 4.86. The SMILES string of the molecule is C=CCSc1nc2cc(S(C)(=O)=O)ccc2n1C(C)C. The Balaban J connectivity index is 2.63. The van der Waals surface area contributed by atoms with E-state index in [0.29, 0.717) is 10.4 Å². The molecule has 0 atom stereocenters. The summed E-state index contributed by atoms with van der Waals surface area (Å²) in [6.07, 6.45) is 3.04. The number of hydrogen-bond acceptors (Lipinski definition) is 4. The summed E-state index contributed by atoms with van der Waals surface area (Å²) in [5.41, 5.74) is 1.67. The quantitative estimate of drug-likeness (QED) is 0.628. The van der Waals surface area contributed by atoms with E-state index in [4.69, 9.17) is 0 Å². The summed E-state index contributed by atoms with van der Waals surface area (Å²) in [6.45, 7) is 7.89. The highest BCUT2D eigenvalue weighted by Crippen LogP contribution is 2.29.